The lowest BCUT2D eigenvalue weighted by Crippen LogP contribution is -2.41. The number of carbonyl (C=O) groups is 1. The molecule has 1 saturated carbocycles. The lowest BCUT2D eigenvalue weighted by Gasteiger charge is -2.26. The number of ketones is 1. The van der Waals surface area contributed by atoms with Gasteiger partial charge in [0.1, 0.15) is 5.78 Å². The van der Waals surface area contributed by atoms with E-state index in [1.807, 2.05) is 36.4 Å². The first kappa shape index (κ1) is 25.9. The fourth-order valence-electron chi connectivity index (χ4n) is 5.17. The summed E-state index contributed by atoms with van der Waals surface area (Å²) < 4.78 is 44.4. The van der Waals surface area contributed by atoms with Gasteiger partial charge in [-0.15, -0.1) is 0 Å². The van der Waals surface area contributed by atoms with Crippen LogP contribution in [0.25, 0.3) is 11.3 Å². The van der Waals surface area contributed by atoms with E-state index in [0.717, 1.165) is 37.1 Å². The molecule has 0 radical (unpaired) electrons. The zero-order valence-electron chi connectivity index (χ0n) is 21.6. The van der Waals surface area contributed by atoms with Gasteiger partial charge >= 0.3 is 0 Å². The van der Waals surface area contributed by atoms with Crippen molar-refractivity contribution in [2.24, 2.45) is 0 Å². The van der Waals surface area contributed by atoms with Crippen LogP contribution in [0.4, 0.5) is 0 Å². The molecular formula is C29H31N3O6S. The number of nitrogens with one attached hydrogen (secondary N) is 1. The van der Waals surface area contributed by atoms with Gasteiger partial charge in [-0.3, -0.25) is 14.7 Å². The van der Waals surface area contributed by atoms with E-state index < -0.39 is 15.4 Å². The lowest BCUT2D eigenvalue weighted by atomic mass is 9.88. The summed E-state index contributed by atoms with van der Waals surface area (Å²) in [6.45, 7) is 4.17. The maximum atomic E-state index is 13.4. The van der Waals surface area contributed by atoms with Gasteiger partial charge in [-0.25, -0.2) is 13.1 Å². The Morgan fingerprint density at radius 3 is 2.51 bits per heavy atom. The number of hydrogen-bond acceptors (Lipinski definition) is 8. The Hall–Kier alpha value is -3.31. The summed E-state index contributed by atoms with van der Waals surface area (Å²) in [6.07, 6.45) is 1.84. The first-order valence-electron chi connectivity index (χ1n) is 13.2. The molecule has 2 aliphatic heterocycles. The van der Waals surface area contributed by atoms with Crippen LogP contribution in [-0.2, 0) is 31.4 Å². The summed E-state index contributed by atoms with van der Waals surface area (Å²) in [5, 5.41) is 0. The number of rotatable bonds is 10. The SMILES string of the molecule is O=C(Cc1cccc(-c2ccc(S(=O)(=O)NCCN3CCOCC3)cc2)n1)C1(c2ccc3c(c2)OCO3)CC1. The van der Waals surface area contributed by atoms with Crippen molar-refractivity contribution in [3.8, 4) is 22.8 Å². The van der Waals surface area contributed by atoms with Crippen LogP contribution >= 0.6 is 0 Å². The zero-order chi connectivity index (χ0) is 26.9. The van der Waals surface area contributed by atoms with Crippen molar-refractivity contribution in [3.63, 3.8) is 0 Å². The molecule has 204 valence electrons. The highest BCUT2D eigenvalue weighted by molar-refractivity contribution is 7.89. The third-order valence-electron chi connectivity index (χ3n) is 7.64. The van der Waals surface area contributed by atoms with Crippen molar-refractivity contribution >= 4 is 15.8 Å². The topological polar surface area (TPSA) is 107 Å². The molecule has 0 unspecified atom stereocenters. The number of morpholine rings is 1. The second-order valence-electron chi connectivity index (χ2n) is 10.1. The molecule has 3 heterocycles. The average molecular weight is 550 g/mol. The minimum atomic E-state index is -3.61. The summed E-state index contributed by atoms with van der Waals surface area (Å²) >= 11 is 0. The molecule has 0 spiro atoms. The fraction of sp³-hybridized carbons (Fsp3) is 0.379. The molecule has 1 N–H and O–H groups in total. The highest BCUT2D eigenvalue weighted by atomic mass is 32.2. The number of carbonyl (C=O) groups excluding carboxylic acids is 1. The highest BCUT2D eigenvalue weighted by Gasteiger charge is 2.51. The van der Waals surface area contributed by atoms with E-state index in [9.17, 15) is 13.2 Å². The number of sulfonamides is 1. The van der Waals surface area contributed by atoms with Crippen LogP contribution < -0.4 is 14.2 Å². The number of nitrogens with zero attached hydrogens (tertiary/aromatic N) is 2. The molecule has 0 bridgehead atoms. The Kier molecular flexibility index (Phi) is 7.11. The van der Waals surface area contributed by atoms with Crippen LogP contribution in [0, 0.1) is 0 Å². The van der Waals surface area contributed by atoms with Crippen molar-refractivity contribution in [3.05, 3.63) is 71.9 Å². The third-order valence-corrected chi connectivity index (χ3v) is 9.12. The molecule has 0 amide bonds. The number of benzene rings is 2. The molecule has 3 aromatic rings. The maximum Gasteiger partial charge on any atom is 0.240 e. The normalized spacial score (nSPS) is 18.2. The molecule has 0 atom stereocenters. The Labute approximate surface area is 228 Å². The van der Waals surface area contributed by atoms with Crippen LogP contribution in [0.2, 0.25) is 0 Å². The fourth-order valence-corrected chi connectivity index (χ4v) is 6.19. The molecule has 10 heteroatoms. The first-order valence-corrected chi connectivity index (χ1v) is 14.7. The number of aromatic nitrogens is 1. The van der Waals surface area contributed by atoms with E-state index >= 15 is 0 Å². The van der Waals surface area contributed by atoms with Crippen LogP contribution in [0.15, 0.2) is 65.6 Å². The number of Topliss-reactive ketones (excluding diaryl/α,β-unsaturated/α-hetero) is 1. The minimum absolute atomic E-state index is 0.135. The molecule has 1 saturated heterocycles. The third kappa shape index (κ3) is 5.56. The van der Waals surface area contributed by atoms with E-state index in [1.54, 1.807) is 24.3 Å². The number of fused-ring (bicyclic) bond motifs is 1. The second kappa shape index (κ2) is 10.7. The van der Waals surface area contributed by atoms with Gasteiger partial charge in [0.25, 0.3) is 0 Å². The van der Waals surface area contributed by atoms with Gasteiger partial charge in [0.15, 0.2) is 11.5 Å². The van der Waals surface area contributed by atoms with Gasteiger partial charge in [0.05, 0.1) is 29.2 Å². The molecule has 3 aliphatic rings. The predicted molar refractivity (Wildman–Crippen MR) is 144 cm³/mol. The van der Waals surface area contributed by atoms with Gasteiger partial charge in [-0.2, -0.15) is 0 Å². The van der Waals surface area contributed by atoms with Gasteiger partial charge in [-0.05, 0) is 54.8 Å². The van der Waals surface area contributed by atoms with Crippen molar-refractivity contribution in [1.29, 1.82) is 0 Å². The van der Waals surface area contributed by atoms with E-state index in [4.69, 9.17) is 19.2 Å². The smallest absolute Gasteiger partial charge is 0.240 e. The van der Waals surface area contributed by atoms with Crippen LogP contribution in [-0.4, -0.2) is 70.3 Å². The maximum absolute atomic E-state index is 13.4. The van der Waals surface area contributed by atoms with Gasteiger partial charge in [0.2, 0.25) is 16.8 Å². The van der Waals surface area contributed by atoms with Crippen molar-refractivity contribution in [2.45, 2.75) is 29.6 Å². The van der Waals surface area contributed by atoms with Crippen molar-refractivity contribution in [1.82, 2.24) is 14.6 Å². The van der Waals surface area contributed by atoms with Crippen molar-refractivity contribution < 1.29 is 27.4 Å². The average Bonchev–Trinajstić information content (AvgIpc) is 3.64. The number of ether oxygens (including phenoxy) is 3. The van der Waals surface area contributed by atoms with Gasteiger partial charge in [-0.1, -0.05) is 24.3 Å². The Balaban J connectivity index is 1.10. The summed E-state index contributed by atoms with van der Waals surface area (Å²) in [7, 11) is -3.61. The number of pyridine rings is 1. The summed E-state index contributed by atoms with van der Waals surface area (Å²) in [5.74, 6) is 1.53. The lowest BCUT2D eigenvalue weighted by molar-refractivity contribution is -0.120. The van der Waals surface area contributed by atoms with E-state index in [2.05, 4.69) is 9.62 Å². The highest BCUT2D eigenvalue weighted by Crippen LogP contribution is 2.51. The van der Waals surface area contributed by atoms with Crippen LogP contribution in [0.3, 0.4) is 0 Å². The van der Waals surface area contributed by atoms with Crippen molar-refractivity contribution in [2.75, 3.05) is 46.2 Å². The Bertz CT molecular complexity index is 1460. The molecule has 2 aromatic carbocycles. The van der Waals surface area contributed by atoms with Gasteiger partial charge < -0.3 is 14.2 Å². The zero-order valence-corrected chi connectivity index (χ0v) is 22.4. The summed E-state index contributed by atoms with van der Waals surface area (Å²) in [6, 6.07) is 18.0. The minimum Gasteiger partial charge on any atom is -0.454 e. The predicted octanol–water partition coefficient (Wildman–Crippen LogP) is 2.93. The van der Waals surface area contributed by atoms with Crippen LogP contribution in [0.5, 0.6) is 11.5 Å². The Morgan fingerprint density at radius 2 is 1.74 bits per heavy atom. The van der Waals surface area contributed by atoms with E-state index in [0.29, 0.717) is 49.2 Å². The van der Waals surface area contributed by atoms with E-state index in [-0.39, 0.29) is 23.9 Å². The van der Waals surface area contributed by atoms with E-state index in [1.165, 1.54) is 0 Å². The molecule has 1 aromatic heterocycles. The monoisotopic (exact) mass is 549 g/mol. The largest absolute Gasteiger partial charge is 0.454 e. The molecular weight excluding hydrogens is 518 g/mol. The number of hydrogen-bond donors (Lipinski definition) is 1. The first-order chi connectivity index (χ1) is 18.9. The molecule has 9 nitrogen and oxygen atoms in total. The molecule has 2 fully saturated rings. The Morgan fingerprint density at radius 1 is 0.974 bits per heavy atom. The molecule has 1 aliphatic carbocycles. The quantitative estimate of drug-likeness (QED) is 0.412. The second-order valence-corrected chi connectivity index (χ2v) is 11.9. The molecule has 6 rings (SSSR count). The molecule has 39 heavy (non-hydrogen) atoms. The summed E-state index contributed by atoms with van der Waals surface area (Å²) in [5.41, 5.74) is 2.63. The summed E-state index contributed by atoms with van der Waals surface area (Å²) in [4.78, 5) is 20.5. The van der Waals surface area contributed by atoms with Gasteiger partial charge in [0, 0.05) is 43.9 Å². The standard InChI is InChI=1S/C29H31N3O6S/c33-28(29(10-11-29)22-6-9-26-27(18-22)38-20-37-26)19-23-2-1-3-25(31-23)21-4-7-24(8-5-21)39(34,35)30-12-13-32-14-16-36-17-15-32/h1-9,18,30H,10-17,19-20H2. The van der Waals surface area contributed by atoms with Crippen LogP contribution in [0.1, 0.15) is 24.1 Å².